The van der Waals surface area contributed by atoms with Crippen LogP contribution >= 0.6 is 0 Å². The molecular weight excluding hydrogens is 378 g/mol. The minimum Gasteiger partial charge on any atom is -0.350 e. The smallest absolute Gasteiger partial charge is 0.240 e. The summed E-state index contributed by atoms with van der Waals surface area (Å²) in [5.41, 5.74) is 2.58. The van der Waals surface area contributed by atoms with E-state index >= 15 is 0 Å². The second-order valence-corrected chi connectivity index (χ2v) is 8.19. The van der Waals surface area contributed by atoms with Crippen molar-refractivity contribution >= 4 is 21.8 Å². The Bertz CT molecular complexity index is 928. The zero-order chi connectivity index (χ0) is 20.6. The number of benzene rings is 2. The molecule has 150 valence electrons. The Morgan fingerprint density at radius 2 is 1.64 bits per heavy atom. The molecule has 8 heteroatoms. The fourth-order valence-corrected chi connectivity index (χ4v) is 3.86. The zero-order valence-corrected chi connectivity index (χ0v) is 16.8. The molecule has 0 fully saturated rings. The maximum absolute atomic E-state index is 12.3. The van der Waals surface area contributed by atoms with Crippen molar-refractivity contribution < 1.29 is 18.0 Å². The third kappa shape index (κ3) is 6.79. The normalized spacial score (nSPS) is 11.1. The molecule has 2 aromatic carbocycles. The predicted octanol–water partition coefficient (Wildman–Crippen LogP) is 1.40. The molecule has 2 amide bonds. The summed E-state index contributed by atoms with van der Waals surface area (Å²) in [5, 5.41) is 5.18. The van der Waals surface area contributed by atoms with E-state index in [4.69, 9.17) is 0 Å². The summed E-state index contributed by atoms with van der Waals surface area (Å²) >= 11 is 0. The van der Waals surface area contributed by atoms with Gasteiger partial charge in [0.2, 0.25) is 21.8 Å². The Morgan fingerprint density at radius 3 is 2.32 bits per heavy atom. The van der Waals surface area contributed by atoms with Crippen molar-refractivity contribution in [3.8, 4) is 0 Å². The summed E-state index contributed by atoms with van der Waals surface area (Å²) < 4.78 is 27.1. The van der Waals surface area contributed by atoms with Crippen LogP contribution in [-0.4, -0.2) is 33.3 Å². The Hall–Kier alpha value is -2.71. The maximum atomic E-state index is 12.3. The van der Waals surface area contributed by atoms with E-state index in [1.165, 1.54) is 0 Å². The van der Waals surface area contributed by atoms with Gasteiger partial charge in [-0.25, -0.2) is 13.1 Å². The molecule has 0 bridgehead atoms. The molecule has 0 aromatic heterocycles. The molecule has 0 aliphatic heterocycles. The topological polar surface area (TPSA) is 104 Å². The molecule has 28 heavy (non-hydrogen) atoms. The lowest BCUT2D eigenvalue weighted by Crippen LogP contribution is -2.38. The van der Waals surface area contributed by atoms with Crippen molar-refractivity contribution in [2.24, 2.45) is 0 Å². The summed E-state index contributed by atoms with van der Waals surface area (Å²) in [5.74, 6) is -0.716. The molecule has 0 radical (unpaired) electrons. The molecule has 0 atom stereocenters. The first-order valence-corrected chi connectivity index (χ1v) is 10.4. The summed E-state index contributed by atoms with van der Waals surface area (Å²) in [6.45, 7) is 3.79. The van der Waals surface area contributed by atoms with Crippen LogP contribution < -0.4 is 15.4 Å². The van der Waals surface area contributed by atoms with Crippen LogP contribution in [0, 0.1) is 13.8 Å². The molecule has 0 saturated heterocycles. The number of aryl methyl sites for hydroxylation is 2. The fraction of sp³-hybridized carbons (Fsp3) is 0.300. The number of rotatable bonds is 9. The third-order valence-corrected chi connectivity index (χ3v) is 5.66. The van der Waals surface area contributed by atoms with Crippen molar-refractivity contribution in [2.45, 2.75) is 31.7 Å². The van der Waals surface area contributed by atoms with Crippen molar-refractivity contribution in [3.05, 3.63) is 65.2 Å². The van der Waals surface area contributed by atoms with Crippen LogP contribution in [0.15, 0.2) is 53.4 Å². The van der Waals surface area contributed by atoms with Gasteiger partial charge in [-0.05, 0) is 31.0 Å². The van der Waals surface area contributed by atoms with E-state index in [0.717, 1.165) is 11.1 Å². The molecule has 3 N–H and O–H groups in total. The Balaban J connectivity index is 1.71. The first-order chi connectivity index (χ1) is 13.3. The average Bonchev–Trinajstić information content (AvgIpc) is 2.65. The van der Waals surface area contributed by atoms with Gasteiger partial charge in [-0.15, -0.1) is 0 Å². The SMILES string of the molecule is Cc1ccc(S(=O)(=O)NCCC(=O)NCC(=O)NCc2ccccc2)c(C)c1. The van der Waals surface area contributed by atoms with Crippen molar-refractivity contribution in [1.29, 1.82) is 0 Å². The molecule has 0 unspecified atom stereocenters. The van der Waals surface area contributed by atoms with E-state index in [2.05, 4.69) is 15.4 Å². The highest BCUT2D eigenvalue weighted by Crippen LogP contribution is 2.16. The van der Waals surface area contributed by atoms with Crippen LogP contribution in [0.1, 0.15) is 23.1 Å². The summed E-state index contributed by atoms with van der Waals surface area (Å²) in [7, 11) is -3.68. The van der Waals surface area contributed by atoms with E-state index in [1.807, 2.05) is 37.3 Å². The number of hydrogen-bond acceptors (Lipinski definition) is 4. The number of sulfonamides is 1. The van der Waals surface area contributed by atoms with E-state index in [0.29, 0.717) is 12.1 Å². The van der Waals surface area contributed by atoms with Crippen LogP contribution in [0.3, 0.4) is 0 Å². The van der Waals surface area contributed by atoms with Crippen molar-refractivity contribution in [2.75, 3.05) is 13.1 Å². The minimum absolute atomic E-state index is 0.0485. The number of amides is 2. The molecule has 2 aromatic rings. The first-order valence-electron chi connectivity index (χ1n) is 8.92. The molecule has 0 spiro atoms. The number of carbonyl (C=O) groups is 2. The highest BCUT2D eigenvalue weighted by atomic mass is 32.2. The monoisotopic (exact) mass is 403 g/mol. The molecule has 0 aliphatic carbocycles. The van der Waals surface area contributed by atoms with Gasteiger partial charge in [0.15, 0.2) is 0 Å². The van der Waals surface area contributed by atoms with Crippen molar-refractivity contribution in [3.63, 3.8) is 0 Å². The predicted molar refractivity (Wildman–Crippen MR) is 107 cm³/mol. The second-order valence-electron chi connectivity index (χ2n) is 6.46. The van der Waals surface area contributed by atoms with Gasteiger partial charge in [0.25, 0.3) is 0 Å². The van der Waals surface area contributed by atoms with Gasteiger partial charge in [-0.2, -0.15) is 0 Å². The van der Waals surface area contributed by atoms with Gasteiger partial charge in [0.05, 0.1) is 11.4 Å². The van der Waals surface area contributed by atoms with Gasteiger partial charge in [-0.3, -0.25) is 9.59 Å². The lowest BCUT2D eigenvalue weighted by Gasteiger charge is -2.10. The largest absolute Gasteiger partial charge is 0.350 e. The molecule has 2 rings (SSSR count). The van der Waals surface area contributed by atoms with E-state index in [-0.39, 0.29) is 30.3 Å². The highest BCUT2D eigenvalue weighted by molar-refractivity contribution is 7.89. The summed E-state index contributed by atoms with van der Waals surface area (Å²) in [6, 6.07) is 14.5. The quantitative estimate of drug-likeness (QED) is 0.589. The number of carbonyl (C=O) groups excluding carboxylic acids is 2. The van der Waals surface area contributed by atoms with Crippen LogP contribution in [0.25, 0.3) is 0 Å². The Kier molecular flexibility index (Phi) is 7.71. The van der Waals surface area contributed by atoms with Gasteiger partial charge in [-0.1, -0.05) is 48.0 Å². The lowest BCUT2D eigenvalue weighted by atomic mass is 10.2. The highest BCUT2D eigenvalue weighted by Gasteiger charge is 2.16. The molecule has 0 heterocycles. The molecule has 0 aliphatic rings. The number of hydrogen-bond donors (Lipinski definition) is 3. The van der Waals surface area contributed by atoms with Gasteiger partial charge < -0.3 is 10.6 Å². The maximum Gasteiger partial charge on any atom is 0.240 e. The standard InChI is InChI=1S/C20H25N3O4S/c1-15-8-9-18(16(2)12-15)28(26,27)23-11-10-19(24)22-14-20(25)21-13-17-6-4-3-5-7-17/h3-9,12,23H,10-11,13-14H2,1-2H3,(H,21,25)(H,22,24). The Labute approximate surface area is 165 Å². The van der Waals surface area contributed by atoms with Crippen molar-refractivity contribution in [1.82, 2.24) is 15.4 Å². The van der Waals surface area contributed by atoms with E-state index in [1.54, 1.807) is 25.1 Å². The van der Waals surface area contributed by atoms with E-state index in [9.17, 15) is 18.0 Å². The second kappa shape index (κ2) is 10.0. The summed E-state index contributed by atoms with van der Waals surface area (Å²) in [6.07, 6.45) is -0.0594. The van der Waals surface area contributed by atoms with Gasteiger partial charge in [0, 0.05) is 19.5 Å². The summed E-state index contributed by atoms with van der Waals surface area (Å²) in [4.78, 5) is 23.8. The van der Waals surface area contributed by atoms with Gasteiger partial charge in [0.1, 0.15) is 0 Å². The molecule has 7 nitrogen and oxygen atoms in total. The molecule has 0 saturated carbocycles. The fourth-order valence-electron chi connectivity index (χ4n) is 2.60. The molecular formula is C20H25N3O4S. The average molecular weight is 404 g/mol. The lowest BCUT2D eigenvalue weighted by molar-refractivity contribution is -0.126. The van der Waals surface area contributed by atoms with Gasteiger partial charge >= 0.3 is 0 Å². The third-order valence-electron chi connectivity index (χ3n) is 4.04. The van der Waals surface area contributed by atoms with Crippen LogP contribution in [0.4, 0.5) is 0 Å². The Morgan fingerprint density at radius 1 is 0.929 bits per heavy atom. The van der Waals surface area contributed by atoms with Crippen LogP contribution in [-0.2, 0) is 26.2 Å². The zero-order valence-electron chi connectivity index (χ0n) is 16.0. The minimum atomic E-state index is -3.68. The number of nitrogens with one attached hydrogen (secondary N) is 3. The van der Waals surface area contributed by atoms with Crippen LogP contribution in [0.5, 0.6) is 0 Å². The first kappa shape index (κ1) is 21.6. The van der Waals surface area contributed by atoms with E-state index < -0.39 is 15.9 Å². The van der Waals surface area contributed by atoms with Crippen LogP contribution in [0.2, 0.25) is 0 Å².